The van der Waals surface area contributed by atoms with Crippen molar-refractivity contribution in [2.24, 2.45) is 0 Å². The lowest BCUT2D eigenvalue weighted by Crippen LogP contribution is -2.44. The zero-order chi connectivity index (χ0) is 12.8. The van der Waals surface area contributed by atoms with E-state index in [1.807, 2.05) is 11.3 Å². The van der Waals surface area contributed by atoms with E-state index < -0.39 is 0 Å². The summed E-state index contributed by atoms with van der Waals surface area (Å²) in [5.74, 6) is 0. The smallest absolute Gasteiger partial charge is 0.0928 e. The summed E-state index contributed by atoms with van der Waals surface area (Å²) >= 11 is 1.82. The molecule has 0 bridgehead atoms. The predicted molar refractivity (Wildman–Crippen MR) is 78.1 cm³/mol. The molecule has 1 aromatic rings. The molecule has 0 amide bonds. The van der Waals surface area contributed by atoms with Gasteiger partial charge >= 0.3 is 0 Å². The van der Waals surface area contributed by atoms with Crippen molar-refractivity contribution in [1.82, 2.24) is 15.2 Å². The van der Waals surface area contributed by atoms with Crippen LogP contribution in [-0.4, -0.2) is 36.1 Å². The Morgan fingerprint density at radius 2 is 2.39 bits per heavy atom. The molecule has 1 fully saturated rings. The highest BCUT2D eigenvalue weighted by Gasteiger charge is 2.22. The van der Waals surface area contributed by atoms with E-state index in [1.54, 1.807) is 0 Å². The maximum absolute atomic E-state index is 4.75. The highest BCUT2D eigenvalue weighted by Crippen LogP contribution is 2.20. The fraction of sp³-hybridized carbons (Fsp3) is 0.786. The second-order valence-corrected chi connectivity index (χ2v) is 6.10. The number of piperidine rings is 1. The van der Waals surface area contributed by atoms with Gasteiger partial charge < -0.3 is 5.32 Å². The molecule has 1 aliphatic rings. The number of hydrogen-bond donors (Lipinski definition) is 1. The third kappa shape index (κ3) is 3.77. The minimum atomic E-state index is 0.695. The SMILES string of the molecule is CCCc1nc(CN2CCCCC2CNC)cs1. The topological polar surface area (TPSA) is 28.2 Å². The third-order valence-electron chi connectivity index (χ3n) is 3.62. The van der Waals surface area contributed by atoms with Crippen LogP contribution >= 0.6 is 11.3 Å². The van der Waals surface area contributed by atoms with Gasteiger partial charge in [-0.3, -0.25) is 4.90 Å². The molecule has 2 heterocycles. The van der Waals surface area contributed by atoms with Crippen LogP contribution in [0.5, 0.6) is 0 Å². The molecule has 1 aromatic heterocycles. The second kappa shape index (κ2) is 7.22. The Morgan fingerprint density at radius 3 is 3.17 bits per heavy atom. The maximum atomic E-state index is 4.75. The van der Waals surface area contributed by atoms with Gasteiger partial charge in [-0.1, -0.05) is 13.3 Å². The average Bonchev–Trinajstić information content (AvgIpc) is 2.80. The quantitative estimate of drug-likeness (QED) is 0.859. The van der Waals surface area contributed by atoms with E-state index in [9.17, 15) is 0 Å². The molecule has 102 valence electrons. The van der Waals surface area contributed by atoms with Gasteiger partial charge in [0.1, 0.15) is 0 Å². The molecule has 4 heteroatoms. The molecular weight excluding hydrogens is 242 g/mol. The van der Waals surface area contributed by atoms with Crippen molar-refractivity contribution in [3.63, 3.8) is 0 Å². The van der Waals surface area contributed by atoms with Crippen molar-refractivity contribution in [2.75, 3.05) is 20.1 Å². The molecule has 0 saturated carbocycles. The predicted octanol–water partition coefficient (Wildman–Crippen LogP) is 2.67. The lowest BCUT2D eigenvalue weighted by atomic mass is 10.0. The fourth-order valence-electron chi connectivity index (χ4n) is 2.69. The van der Waals surface area contributed by atoms with E-state index in [-0.39, 0.29) is 0 Å². The number of hydrogen-bond acceptors (Lipinski definition) is 4. The normalized spacial score (nSPS) is 21.3. The molecule has 1 atom stereocenters. The van der Waals surface area contributed by atoms with Crippen LogP contribution in [0.1, 0.15) is 43.3 Å². The highest BCUT2D eigenvalue weighted by atomic mass is 32.1. The van der Waals surface area contributed by atoms with Gasteiger partial charge in [0, 0.05) is 24.5 Å². The molecule has 1 N–H and O–H groups in total. The van der Waals surface area contributed by atoms with Crippen molar-refractivity contribution < 1.29 is 0 Å². The van der Waals surface area contributed by atoms with E-state index in [0.717, 1.165) is 19.5 Å². The number of aryl methyl sites for hydroxylation is 1. The highest BCUT2D eigenvalue weighted by molar-refractivity contribution is 7.09. The van der Waals surface area contributed by atoms with Crippen LogP contribution in [0.15, 0.2) is 5.38 Å². The molecule has 0 radical (unpaired) electrons. The Labute approximate surface area is 115 Å². The average molecular weight is 267 g/mol. The summed E-state index contributed by atoms with van der Waals surface area (Å²) in [4.78, 5) is 7.35. The van der Waals surface area contributed by atoms with Crippen LogP contribution in [0.25, 0.3) is 0 Å². The summed E-state index contributed by atoms with van der Waals surface area (Å²) < 4.78 is 0. The first-order valence-electron chi connectivity index (χ1n) is 7.15. The van der Waals surface area contributed by atoms with Gasteiger partial charge in [0.15, 0.2) is 0 Å². The van der Waals surface area contributed by atoms with Gasteiger partial charge in [-0.15, -0.1) is 11.3 Å². The molecule has 0 spiro atoms. The Hall–Kier alpha value is -0.450. The molecule has 0 aromatic carbocycles. The summed E-state index contributed by atoms with van der Waals surface area (Å²) in [6, 6.07) is 0.695. The molecule has 0 aliphatic carbocycles. The molecule has 1 unspecified atom stereocenters. The number of likely N-dealkylation sites (tertiary alicyclic amines) is 1. The molecular formula is C14H25N3S. The van der Waals surface area contributed by atoms with Gasteiger partial charge in [0.2, 0.25) is 0 Å². The van der Waals surface area contributed by atoms with Crippen LogP contribution in [0.2, 0.25) is 0 Å². The van der Waals surface area contributed by atoms with E-state index in [1.165, 1.54) is 42.9 Å². The van der Waals surface area contributed by atoms with E-state index in [2.05, 4.69) is 29.6 Å². The van der Waals surface area contributed by atoms with Crippen LogP contribution in [0.3, 0.4) is 0 Å². The Balaban J connectivity index is 1.92. The lowest BCUT2D eigenvalue weighted by Gasteiger charge is -2.35. The third-order valence-corrected chi connectivity index (χ3v) is 4.57. The zero-order valence-corrected chi connectivity index (χ0v) is 12.4. The molecule has 18 heavy (non-hydrogen) atoms. The van der Waals surface area contributed by atoms with Gasteiger partial charge in [0.25, 0.3) is 0 Å². The second-order valence-electron chi connectivity index (χ2n) is 5.16. The van der Waals surface area contributed by atoms with Crippen molar-refractivity contribution >= 4 is 11.3 Å². The monoisotopic (exact) mass is 267 g/mol. The van der Waals surface area contributed by atoms with Crippen LogP contribution in [0.4, 0.5) is 0 Å². The Bertz CT molecular complexity index is 349. The summed E-state index contributed by atoms with van der Waals surface area (Å²) in [7, 11) is 2.05. The summed E-state index contributed by atoms with van der Waals surface area (Å²) in [6.07, 6.45) is 6.36. The Morgan fingerprint density at radius 1 is 1.50 bits per heavy atom. The molecule has 1 aliphatic heterocycles. The van der Waals surface area contributed by atoms with Crippen molar-refractivity contribution in [3.05, 3.63) is 16.1 Å². The number of likely N-dealkylation sites (N-methyl/N-ethyl adjacent to an activating group) is 1. The zero-order valence-electron chi connectivity index (χ0n) is 11.6. The van der Waals surface area contributed by atoms with Gasteiger partial charge in [0.05, 0.1) is 10.7 Å². The molecule has 2 rings (SSSR count). The van der Waals surface area contributed by atoms with E-state index in [4.69, 9.17) is 4.98 Å². The van der Waals surface area contributed by atoms with Crippen LogP contribution < -0.4 is 5.32 Å². The first kappa shape index (κ1) is 14.0. The number of nitrogens with zero attached hydrogens (tertiary/aromatic N) is 2. The minimum absolute atomic E-state index is 0.695. The van der Waals surface area contributed by atoms with Crippen molar-refractivity contribution in [3.8, 4) is 0 Å². The number of thiazole rings is 1. The first-order chi connectivity index (χ1) is 8.83. The van der Waals surface area contributed by atoms with Gasteiger partial charge in [-0.2, -0.15) is 0 Å². The van der Waals surface area contributed by atoms with Crippen LogP contribution in [-0.2, 0) is 13.0 Å². The number of aromatic nitrogens is 1. The van der Waals surface area contributed by atoms with Gasteiger partial charge in [-0.05, 0) is 39.3 Å². The number of rotatable bonds is 6. The molecule has 1 saturated heterocycles. The largest absolute Gasteiger partial charge is 0.318 e. The lowest BCUT2D eigenvalue weighted by molar-refractivity contribution is 0.138. The first-order valence-corrected chi connectivity index (χ1v) is 8.03. The van der Waals surface area contributed by atoms with Crippen LogP contribution in [0, 0.1) is 0 Å². The summed E-state index contributed by atoms with van der Waals surface area (Å²) in [6.45, 7) is 5.58. The maximum Gasteiger partial charge on any atom is 0.0928 e. The number of nitrogens with one attached hydrogen (secondary N) is 1. The fourth-order valence-corrected chi connectivity index (χ4v) is 3.58. The van der Waals surface area contributed by atoms with Crippen molar-refractivity contribution in [1.29, 1.82) is 0 Å². The summed E-state index contributed by atoms with van der Waals surface area (Å²) in [5.41, 5.74) is 1.27. The Kier molecular flexibility index (Phi) is 5.60. The van der Waals surface area contributed by atoms with E-state index >= 15 is 0 Å². The standard InChI is InChI=1S/C14H25N3S/c1-3-6-14-16-12(11-18-14)10-17-8-5-4-7-13(17)9-15-2/h11,13,15H,3-10H2,1-2H3. The van der Waals surface area contributed by atoms with E-state index in [0.29, 0.717) is 6.04 Å². The summed E-state index contributed by atoms with van der Waals surface area (Å²) in [5, 5.41) is 6.87. The minimum Gasteiger partial charge on any atom is -0.318 e. The molecule has 3 nitrogen and oxygen atoms in total. The van der Waals surface area contributed by atoms with Gasteiger partial charge in [-0.25, -0.2) is 4.98 Å². The van der Waals surface area contributed by atoms with Crippen molar-refractivity contribution in [2.45, 2.75) is 51.6 Å².